The largest absolute Gasteiger partial charge is 0.416 e. The maximum absolute atomic E-state index is 12.9. The molecule has 2 saturated carbocycles. The first-order valence-electron chi connectivity index (χ1n) is 7.55. The Kier molecular flexibility index (Phi) is 3.66. The summed E-state index contributed by atoms with van der Waals surface area (Å²) in [6.07, 6.45) is -3.73. The molecule has 1 aliphatic heterocycles. The zero-order valence-electron chi connectivity index (χ0n) is 12.1. The quantitative estimate of drug-likeness (QED) is 0.463. The number of carbonyl (C=O) groups excluding carboxylic acids is 2. The number of anilines is 1. The van der Waals surface area contributed by atoms with Crippen molar-refractivity contribution in [2.24, 2.45) is 23.7 Å². The summed E-state index contributed by atoms with van der Waals surface area (Å²) in [5, 5.41) is 0. The number of benzene rings is 1. The van der Waals surface area contributed by atoms with Gasteiger partial charge in [0.05, 0.1) is 23.1 Å². The van der Waals surface area contributed by atoms with Crippen molar-refractivity contribution in [3.63, 3.8) is 0 Å². The number of hydrogen-bond donors (Lipinski definition) is 0. The molecule has 2 aliphatic carbocycles. The van der Waals surface area contributed by atoms with Crippen LogP contribution in [0.3, 0.4) is 0 Å². The fourth-order valence-electron chi connectivity index (χ4n) is 4.42. The summed E-state index contributed by atoms with van der Waals surface area (Å²) in [5.74, 6) is -1.54. The molecule has 1 aromatic carbocycles. The predicted molar refractivity (Wildman–Crippen MR) is 87.9 cm³/mol. The average Bonchev–Trinajstić information content (AvgIpc) is 3.12. The third-order valence-electron chi connectivity index (χ3n) is 5.42. The molecular weight excluding hydrogens is 455 g/mol. The van der Waals surface area contributed by atoms with E-state index in [9.17, 15) is 22.8 Å². The molecule has 1 heterocycles. The maximum Gasteiger partial charge on any atom is 0.416 e. The van der Waals surface area contributed by atoms with Crippen molar-refractivity contribution < 1.29 is 22.8 Å². The van der Waals surface area contributed by atoms with E-state index in [4.69, 9.17) is 0 Å². The van der Waals surface area contributed by atoms with Crippen molar-refractivity contribution >= 4 is 49.4 Å². The van der Waals surface area contributed by atoms with Crippen LogP contribution in [0, 0.1) is 23.7 Å². The Hall–Kier alpha value is -0.890. The van der Waals surface area contributed by atoms with Crippen LogP contribution in [0.15, 0.2) is 24.3 Å². The number of rotatable bonds is 1. The minimum Gasteiger partial charge on any atom is -0.274 e. The van der Waals surface area contributed by atoms with Gasteiger partial charge >= 0.3 is 6.18 Å². The highest BCUT2D eigenvalue weighted by atomic mass is 79.9. The number of halogens is 5. The molecular formula is C16H12Br2F3NO2. The van der Waals surface area contributed by atoms with E-state index >= 15 is 0 Å². The summed E-state index contributed by atoms with van der Waals surface area (Å²) in [5.41, 5.74) is -0.858. The first-order chi connectivity index (χ1) is 11.2. The lowest BCUT2D eigenvalue weighted by molar-refractivity contribution is -0.137. The van der Waals surface area contributed by atoms with Gasteiger partial charge in [-0.1, -0.05) is 37.9 Å². The molecule has 3 aliphatic rings. The molecule has 2 bridgehead atoms. The van der Waals surface area contributed by atoms with E-state index in [1.54, 1.807) is 0 Å². The van der Waals surface area contributed by atoms with Crippen LogP contribution in [0.5, 0.6) is 0 Å². The molecule has 0 N–H and O–H groups in total. The van der Waals surface area contributed by atoms with Crippen LogP contribution < -0.4 is 4.90 Å². The molecule has 24 heavy (non-hydrogen) atoms. The Morgan fingerprint density at radius 1 is 1.00 bits per heavy atom. The van der Waals surface area contributed by atoms with Crippen LogP contribution in [-0.4, -0.2) is 21.5 Å². The van der Waals surface area contributed by atoms with Crippen molar-refractivity contribution in [1.82, 2.24) is 0 Å². The molecule has 8 heteroatoms. The number of imide groups is 1. The fraction of sp³-hybridized carbons (Fsp3) is 0.500. The lowest BCUT2D eigenvalue weighted by Gasteiger charge is -2.28. The predicted octanol–water partition coefficient (Wildman–Crippen LogP) is 3.99. The van der Waals surface area contributed by atoms with Gasteiger partial charge < -0.3 is 0 Å². The molecule has 1 aromatic rings. The zero-order valence-corrected chi connectivity index (χ0v) is 15.3. The lowest BCUT2D eigenvalue weighted by atomic mass is 9.81. The Labute approximate surface area is 152 Å². The molecule has 3 nitrogen and oxygen atoms in total. The summed E-state index contributed by atoms with van der Waals surface area (Å²) in [4.78, 5) is 26.7. The molecule has 0 radical (unpaired) electrons. The van der Waals surface area contributed by atoms with Crippen LogP contribution in [0.25, 0.3) is 0 Å². The minimum atomic E-state index is -4.52. The van der Waals surface area contributed by atoms with Gasteiger partial charge in [-0.3, -0.25) is 14.5 Å². The van der Waals surface area contributed by atoms with E-state index in [-0.39, 0.29) is 39.0 Å². The fourth-order valence-corrected chi connectivity index (χ4v) is 6.30. The molecule has 3 fully saturated rings. The molecule has 1 saturated heterocycles. The SMILES string of the molecule is O=C1[C@@H]2[C@@H]3C[C@@H]([C@H](Br)[C@H]3Br)[C@@H]2C(=O)N1c1cccc(C(F)(F)F)c1. The van der Waals surface area contributed by atoms with Crippen LogP contribution in [0.2, 0.25) is 0 Å². The van der Waals surface area contributed by atoms with Gasteiger partial charge in [-0.15, -0.1) is 0 Å². The first kappa shape index (κ1) is 16.6. The smallest absolute Gasteiger partial charge is 0.274 e. The van der Waals surface area contributed by atoms with Gasteiger partial charge in [-0.2, -0.15) is 13.2 Å². The molecule has 4 rings (SSSR count). The first-order valence-corrected chi connectivity index (χ1v) is 9.38. The van der Waals surface area contributed by atoms with E-state index in [1.165, 1.54) is 12.1 Å². The summed E-state index contributed by atoms with van der Waals surface area (Å²) >= 11 is 7.16. The zero-order chi connectivity index (χ0) is 17.4. The van der Waals surface area contributed by atoms with E-state index in [1.807, 2.05) is 0 Å². The number of fused-ring (bicyclic) bond motifs is 5. The molecule has 0 unspecified atom stereocenters. The van der Waals surface area contributed by atoms with Crippen molar-refractivity contribution in [1.29, 1.82) is 0 Å². The van der Waals surface area contributed by atoms with Gasteiger partial charge in [-0.25, -0.2) is 0 Å². The Bertz CT molecular complexity index is 706. The number of nitrogens with zero attached hydrogens (tertiary/aromatic N) is 1. The molecule has 0 spiro atoms. The van der Waals surface area contributed by atoms with Crippen LogP contribution in [-0.2, 0) is 15.8 Å². The molecule has 0 aromatic heterocycles. The summed E-state index contributed by atoms with van der Waals surface area (Å²) in [6.45, 7) is 0. The standard InChI is InChI=1S/C16H12Br2F3NO2/c17-12-8-5-9(13(12)18)11-10(8)14(23)22(15(11)24)7-3-1-2-6(4-7)16(19,20)21/h1-4,8-13H,5H2/t8-,9+,10+,11-,12-,13-/m0/s1. The monoisotopic (exact) mass is 465 g/mol. The minimum absolute atomic E-state index is 0.00544. The Balaban J connectivity index is 1.72. The van der Waals surface area contributed by atoms with E-state index in [0.29, 0.717) is 0 Å². The topological polar surface area (TPSA) is 37.4 Å². The van der Waals surface area contributed by atoms with E-state index in [0.717, 1.165) is 23.5 Å². The van der Waals surface area contributed by atoms with E-state index < -0.39 is 23.6 Å². The van der Waals surface area contributed by atoms with Gasteiger partial charge in [0.2, 0.25) is 11.8 Å². The number of alkyl halides is 5. The highest BCUT2D eigenvalue weighted by Crippen LogP contribution is 2.60. The second-order valence-electron chi connectivity index (χ2n) is 6.56. The molecule has 6 atom stereocenters. The highest BCUT2D eigenvalue weighted by Gasteiger charge is 2.66. The highest BCUT2D eigenvalue weighted by molar-refractivity contribution is 9.12. The third kappa shape index (κ3) is 2.14. The van der Waals surface area contributed by atoms with Gasteiger partial charge in [-0.05, 0) is 36.5 Å². The van der Waals surface area contributed by atoms with Crippen molar-refractivity contribution in [3.05, 3.63) is 29.8 Å². The van der Waals surface area contributed by atoms with Crippen LogP contribution in [0.4, 0.5) is 18.9 Å². The number of amides is 2. The average molecular weight is 467 g/mol. The number of hydrogen-bond acceptors (Lipinski definition) is 2. The Morgan fingerprint density at radius 2 is 1.54 bits per heavy atom. The van der Waals surface area contributed by atoms with Crippen molar-refractivity contribution in [3.8, 4) is 0 Å². The lowest BCUT2D eigenvalue weighted by Crippen LogP contribution is -2.37. The molecule has 2 amide bonds. The van der Waals surface area contributed by atoms with Gasteiger partial charge in [0.25, 0.3) is 0 Å². The maximum atomic E-state index is 12.9. The second-order valence-corrected chi connectivity index (χ2v) is 8.68. The van der Waals surface area contributed by atoms with Crippen LogP contribution >= 0.6 is 31.9 Å². The van der Waals surface area contributed by atoms with Crippen LogP contribution in [0.1, 0.15) is 12.0 Å². The summed E-state index contributed by atoms with van der Waals surface area (Å²) < 4.78 is 38.7. The number of carbonyl (C=O) groups is 2. The van der Waals surface area contributed by atoms with Crippen molar-refractivity contribution in [2.75, 3.05) is 4.90 Å². The Morgan fingerprint density at radius 3 is 2.04 bits per heavy atom. The normalized spacial score (nSPS) is 38.1. The van der Waals surface area contributed by atoms with Gasteiger partial charge in [0.1, 0.15) is 0 Å². The summed E-state index contributed by atoms with van der Waals surface area (Å²) in [7, 11) is 0. The molecule has 128 valence electrons. The van der Waals surface area contributed by atoms with Gasteiger partial charge in [0.15, 0.2) is 0 Å². The third-order valence-corrected chi connectivity index (χ3v) is 8.63. The summed E-state index contributed by atoms with van der Waals surface area (Å²) in [6, 6.07) is 4.41. The van der Waals surface area contributed by atoms with Gasteiger partial charge in [0, 0.05) is 9.65 Å². The van der Waals surface area contributed by atoms with E-state index in [2.05, 4.69) is 31.9 Å². The van der Waals surface area contributed by atoms with Crippen molar-refractivity contribution in [2.45, 2.75) is 22.3 Å². The second kappa shape index (κ2) is 5.30.